The summed E-state index contributed by atoms with van der Waals surface area (Å²) in [7, 11) is 3.02. The van der Waals surface area contributed by atoms with Crippen molar-refractivity contribution in [2.45, 2.75) is 13.8 Å². The van der Waals surface area contributed by atoms with Gasteiger partial charge < -0.3 is 14.2 Å². The van der Waals surface area contributed by atoms with Crippen LogP contribution in [0.5, 0.6) is 11.5 Å². The molecule has 0 radical (unpaired) electrons. The van der Waals surface area contributed by atoms with Crippen LogP contribution in [0.15, 0.2) is 12.1 Å². The van der Waals surface area contributed by atoms with E-state index in [1.54, 1.807) is 19.1 Å². The van der Waals surface area contributed by atoms with Gasteiger partial charge in [-0.1, -0.05) is 0 Å². The normalized spacial score (nSPS) is 9.75. The molecule has 0 aliphatic rings. The third-order valence-electron chi connectivity index (χ3n) is 2.13. The summed E-state index contributed by atoms with van der Waals surface area (Å²) in [6, 6.07) is 3.55. The molecule has 0 aromatic heterocycles. The first kappa shape index (κ1) is 12.4. The predicted molar refractivity (Wildman–Crippen MR) is 60.2 cm³/mol. The third-order valence-corrected chi connectivity index (χ3v) is 2.13. The molecule has 0 heterocycles. The second-order valence-electron chi connectivity index (χ2n) is 3.26. The highest BCUT2D eigenvalue weighted by Gasteiger charge is 2.19. The molecule has 0 aliphatic carbocycles. The maximum absolute atomic E-state index is 11.7. The van der Waals surface area contributed by atoms with Gasteiger partial charge in [0.2, 0.25) is 0 Å². The summed E-state index contributed by atoms with van der Waals surface area (Å²) in [5.74, 6) is 0.502. The fourth-order valence-corrected chi connectivity index (χ4v) is 1.45. The van der Waals surface area contributed by atoms with E-state index in [9.17, 15) is 4.79 Å². The van der Waals surface area contributed by atoms with Crippen molar-refractivity contribution in [1.82, 2.24) is 0 Å². The summed E-state index contributed by atoms with van der Waals surface area (Å²) < 4.78 is 15.3. The molecule has 0 saturated heterocycles. The van der Waals surface area contributed by atoms with Crippen LogP contribution in [-0.4, -0.2) is 26.8 Å². The highest BCUT2D eigenvalue weighted by molar-refractivity contribution is 5.95. The van der Waals surface area contributed by atoms with E-state index in [0.29, 0.717) is 23.7 Å². The lowest BCUT2D eigenvalue weighted by molar-refractivity contribution is 0.0519. The van der Waals surface area contributed by atoms with E-state index in [1.165, 1.54) is 14.2 Å². The fourth-order valence-electron chi connectivity index (χ4n) is 1.45. The maximum Gasteiger partial charge on any atom is 0.345 e. The van der Waals surface area contributed by atoms with E-state index in [0.717, 1.165) is 5.56 Å². The highest BCUT2D eigenvalue weighted by atomic mass is 16.5. The zero-order valence-electron chi connectivity index (χ0n) is 9.99. The number of ether oxygens (including phenoxy) is 3. The van der Waals surface area contributed by atoms with Crippen LogP contribution in [0, 0.1) is 6.92 Å². The molecule has 0 N–H and O–H groups in total. The summed E-state index contributed by atoms with van der Waals surface area (Å²) in [6.45, 7) is 3.98. The van der Waals surface area contributed by atoms with Crippen LogP contribution in [0.3, 0.4) is 0 Å². The van der Waals surface area contributed by atoms with Crippen LogP contribution >= 0.6 is 0 Å². The first-order chi connectivity index (χ1) is 7.63. The van der Waals surface area contributed by atoms with Crippen molar-refractivity contribution in [3.8, 4) is 11.5 Å². The van der Waals surface area contributed by atoms with Crippen molar-refractivity contribution in [2.24, 2.45) is 0 Å². The monoisotopic (exact) mass is 224 g/mol. The van der Waals surface area contributed by atoms with Crippen molar-refractivity contribution in [1.29, 1.82) is 0 Å². The Balaban J connectivity index is 3.27. The lowest BCUT2D eigenvalue weighted by Gasteiger charge is -2.13. The second kappa shape index (κ2) is 5.39. The van der Waals surface area contributed by atoms with Gasteiger partial charge in [-0.05, 0) is 31.5 Å². The number of hydrogen-bond acceptors (Lipinski definition) is 4. The van der Waals surface area contributed by atoms with Crippen LogP contribution < -0.4 is 9.47 Å². The van der Waals surface area contributed by atoms with Gasteiger partial charge in [0.05, 0.1) is 20.8 Å². The Labute approximate surface area is 95.1 Å². The van der Waals surface area contributed by atoms with E-state index in [2.05, 4.69) is 0 Å². The number of hydrogen-bond donors (Lipinski definition) is 0. The molecule has 0 amide bonds. The minimum Gasteiger partial charge on any atom is -0.496 e. The van der Waals surface area contributed by atoms with Gasteiger partial charge in [0.15, 0.2) is 0 Å². The summed E-state index contributed by atoms with van der Waals surface area (Å²) in [6.07, 6.45) is 0. The molecule has 0 atom stereocenters. The molecule has 1 aromatic rings. The average Bonchev–Trinajstić information content (AvgIpc) is 2.27. The molecule has 0 aliphatic heterocycles. The quantitative estimate of drug-likeness (QED) is 0.735. The van der Waals surface area contributed by atoms with Gasteiger partial charge in [-0.15, -0.1) is 0 Å². The molecule has 0 bridgehead atoms. The Hall–Kier alpha value is -1.71. The molecule has 0 fully saturated rings. The average molecular weight is 224 g/mol. The summed E-state index contributed by atoms with van der Waals surface area (Å²) in [5.41, 5.74) is 1.29. The Bertz CT molecular complexity index is 360. The number of aryl methyl sites for hydroxylation is 1. The minimum atomic E-state index is -0.434. The standard InChI is InChI=1S/C12H16O4/c1-5-16-12(13)11-9(14-3)6-8(2)7-10(11)15-4/h6-7H,5H2,1-4H3. The molecule has 4 heteroatoms. The Kier molecular flexibility index (Phi) is 4.17. The van der Waals surface area contributed by atoms with Crippen LogP contribution in [0.2, 0.25) is 0 Å². The van der Waals surface area contributed by atoms with E-state index in [4.69, 9.17) is 14.2 Å². The summed E-state index contributed by atoms with van der Waals surface area (Å²) in [5, 5.41) is 0. The molecular weight excluding hydrogens is 208 g/mol. The maximum atomic E-state index is 11.7. The van der Waals surface area contributed by atoms with Gasteiger partial charge >= 0.3 is 5.97 Å². The van der Waals surface area contributed by atoms with Gasteiger partial charge in [-0.3, -0.25) is 0 Å². The van der Waals surface area contributed by atoms with Gasteiger partial charge in [0.1, 0.15) is 17.1 Å². The lowest BCUT2D eigenvalue weighted by atomic mass is 10.1. The Morgan fingerprint density at radius 3 is 2.06 bits per heavy atom. The number of carbonyl (C=O) groups is 1. The number of methoxy groups -OCH3 is 2. The first-order valence-corrected chi connectivity index (χ1v) is 5.03. The number of esters is 1. The van der Waals surface area contributed by atoms with E-state index in [-0.39, 0.29) is 0 Å². The predicted octanol–water partition coefficient (Wildman–Crippen LogP) is 2.19. The molecule has 1 aromatic carbocycles. The number of carbonyl (C=O) groups excluding carboxylic acids is 1. The van der Waals surface area contributed by atoms with Crippen LogP contribution in [0.1, 0.15) is 22.8 Å². The molecule has 4 nitrogen and oxygen atoms in total. The molecule has 88 valence electrons. The van der Waals surface area contributed by atoms with Gasteiger partial charge in [-0.25, -0.2) is 4.79 Å². The first-order valence-electron chi connectivity index (χ1n) is 5.03. The Morgan fingerprint density at radius 1 is 1.19 bits per heavy atom. The lowest BCUT2D eigenvalue weighted by Crippen LogP contribution is -2.09. The van der Waals surface area contributed by atoms with Gasteiger partial charge in [0, 0.05) is 0 Å². The van der Waals surface area contributed by atoms with Crippen molar-refractivity contribution in [3.63, 3.8) is 0 Å². The SMILES string of the molecule is CCOC(=O)c1c(OC)cc(C)cc1OC. The van der Waals surface area contributed by atoms with Gasteiger partial charge in [-0.2, -0.15) is 0 Å². The van der Waals surface area contributed by atoms with Crippen LogP contribution in [-0.2, 0) is 4.74 Å². The van der Waals surface area contributed by atoms with Crippen molar-refractivity contribution in [2.75, 3.05) is 20.8 Å². The molecular formula is C12H16O4. The molecule has 0 unspecified atom stereocenters. The number of benzene rings is 1. The van der Waals surface area contributed by atoms with Crippen molar-refractivity contribution in [3.05, 3.63) is 23.3 Å². The third kappa shape index (κ3) is 2.45. The summed E-state index contributed by atoms with van der Waals surface area (Å²) in [4.78, 5) is 11.7. The number of rotatable bonds is 4. The molecule has 0 spiro atoms. The minimum absolute atomic E-state index is 0.318. The second-order valence-corrected chi connectivity index (χ2v) is 3.26. The van der Waals surface area contributed by atoms with Crippen molar-refractivity contribution >= 4 is 5.97 Å². The topological polar surface area (TPSA) is 44.8 Å². The van der Waals surface area contributed by atoms with Gasteiger partial charge in [0.25, 0.3) is 0 Å². The van der Waals surface area contributed by atoms with E-state index < -0.39 is 5.97 Å². The summed E-state index contributed by atoms with van der Waals surface area (Å²) >= 11 is 0. The molecule has 16 heavy (non-hydrogen) atoms. The smallest absolute Gasteiger partial charge is 0.345 e. The van der Waals surface area contributed by atoms with E-state index >= 15 is 0 Å². The Morgan fingerprint density at radius 2 is 1.69 bits per heavy atom. The molecule has 1 rings (SSSR count). The zero-order valence-corrected chi connectivity index (χ0v) is 9.99. The largest absolute Gasteiger partial charge is 0.496 e. The van der Waals surface area contributed by atoms with Crippen molar-refractivity contribution < 1.29 is 19.0 Å². The highest BCUT2D eigenvalue weighted by Crippen LogP contribution is 2.30. The van der Waals surface area contributed by atoms with Crippen LogP contribution in [0.25, 0.3) is 0 Å². The zero-order chi connectivity index (χ0) is 12.1. The fraction of sp³-hybridized carbons (Fsp3) is 0.417. The molecule has 0 saturated carbocycles. The van der Waals surface area contributed by atoms with Crippen LogP contribution in [0.4, 0.5) is 0 Å². The van der Waals surface area contributed by atoms with E-state index in [1.807, 2.05) is 6.92 Å².